The maximum absolute atomic E-state index is 12.0. The van der Waals surface area contributed by atoms with E-state index in [0.717, 1.165) is 5.56 Å². The topological polar surface area (TPSA) is 39.1 Å². The van der Waals surface area contributed by atoms with Gasteiger partial charge in [0.25, 0.3) is 5.56 Å². The van der Waals surface area contributed by atoms with Gasteiger partial charge in [0, 0.05) is 11.0 Å². The molecule has 0 saturated heterocycles. The molecule has 0 N–H and O–H groups in total. The lowest BCUT2D eigenvalue weighted by atomic mass is 10.1. The van der Waals surface area contributed by atoms with E-state index in [1.54, 1.807) is 0 Å². The first kappa shape index (κ1) is 14.0. The molecule has 0 fully saturated rings. The number of rotatable bonds is 4. The molecule has 2 rings (SSSR count). The summed E-state index contributed by atoms with van der Waals surface area (Å²) in [5, 5.41) is 0.102. The van der Waals surface area contributed by atoms with Crippen LogP contribution in [0.15, 0.2) is 45.7 Å². The minimum Gasteiger partial charge on any atom is -0.303 e. The van der Waals surface area contributed by atoms with Crippen molar-refractivity contribution in [1.82, 2.24) is 4.57 Å². The van der Waals surface area contributed by atoms with Crippen molar-refractivity contribution in [1.29, 1.82) is 0 Å². The van der Waals surface area contributed by atoms with Crippen LogP contribution in [0.25, 0.3) is 0 Å². The van der Waals surface area contributed by atoms with Crippen LogP contribution in [0.1, 0.15) is 16.1 Å². The number of benzene rings is 1. The van der Waals surface area contributed by atoms with E-state index in [-0.39, 0.29) is 10.6 Å². The molecule has 1 aromatic heterocycles. The van der Waals surface area contributed by atoms with E-state index in [2.05, 4.69) is 15.9 Å². The first-order valence-corrected chi connectivity index (χ1v) is 6.88. The summed E-state index contributed by atoms with van der Waals surface area (Å²) in [6, 6.07) is 11.2. The molecular formula is C14H11BrClNO2. The summed E-state index contributed by atoms with van der Waals surface area (Å²) in [5.74, 6) is 0. The minimum atomic E-state index is -0.345. The molecule has 3 nitrogen and oxygen atoms in total. The fourth-order valence-corrected chi connectivity index (χ4v) is 2.72. The van der Waals surface area contributed by atoms with Crippen LogP contribution in [0.4, 0.5) is 0 Å². The standard InChI is InChI=1S/C14H11BrClNO2/c15-11-8-12(16)14(19)17(13(11)9-18)7-6-10-4-2-1-3-5-10/h1-5,8-9H,6-7H2. The quantitative estimate of drug-likeness (QED) is 0.801. The Kier molecular flexibility index (Phi) is 4.56. The van der Waals surface area contributed by atoms with Gasteiger partial charge < -0.3 is 4.57 Å². The van der Waals surface area contributed by atoms with E-state index in [0.29, 0.717) is 29.4 Å². The molecule has 0 spiro atoms. The number of nitrogens with zero attached hydrogens (tertiary/aromatic N) is 1. The Morgan fingerprint density at radius 2 is 1.95 bits per heavy atom. The largest absolute Gasteiger partial charge is 0.303 e. The third kappa shape index (κ3) is 3.14. The zero-order chi connectivity index (χ0) is 13.8. The Balaban J connectivity index is 2.34. The number of hydrogen-bond donors (Lipinski definition) is 0. The number of aromatic nitrogens is 1. The molecule has 98 valence electrons. The van der Waals surface area contributed by atoms with Gasteiger partial charge in [0.2, 0.25) is 0 Å². The Bertz CT molecular complexity index is 652. The molecule has 0 amide bonds. The second-order valence-corrected chi connectivity index (χ2v) is 5.30. The molecule has 0 aliphatic rings. The van der Waals surface area contributed by atoms with Gasteiger partial charge in [0.1, 0.15) is 5.02 Å². The van der Waals surface area contributed by atoms with Crippen molar-refractivity contribution in [2.75, 3.05) is 0 Å². The highest BCUT2D eigenvalue weighted by molar-refractivity contribution is 9.10. The molecule has 2 aromatic rings. The van der Waals surface area contributed by atoms with Crippen LogP contribution in [-0.4, -0.2) is 10.9 Å². The molecule has 0 saturated carbocycles. The zero-order valence-electron chi connectivity index (χ0n) is 9.98. The maximum atomic E-state index is 12.0. The van der Waals surface area contributed by atoms with Gasteiger partial charge >= 0.3 is 0 Å². The normalized spacial score (nSPS) is 10.4. The third-order valence-electron chi connectivity index (χ3n) is 2.82. The number of aryl methyl sites for hydroxylation is 1. The van der Waals surface area contributed by atoms with Crippen LogP contribution in [0.3, 0.4) is 0 Å². The maximum Gasteiger partial charge on any atom is 0.269 e. The average molecular weight is 341 g/mol. The van der Waals surface area contributed by atoms with Crippen molar-refractivity contribution in [3.05, 3.63) is 67.5 Å². The number of carbonyl (C=O) groups is 1. The number of aldehydes is 1. The fourth-order valence-electron chi connectivity index (χ4n) is 1.84. The average Bonchev–Trinajstić information content (AvgIpc) is 2.42. The van der Waals surface area contributed by atoms with Crippen LogP contribution < -0.4 is 5.56 Å². The second kappa shape index (κ2) is 6.17. The Hall–Kier alpha value is -1.39. The molecule has 5 heteroatoms. The van der Waals surface area contributed by atoms with Crippen molar-refractivity contribution >= 4 is 33.8 Å². The Morgan fingerprint density at radius 3 is 2.58 bits per heavy atom. The summed E-state index contributed by atoms with van der Waals surface area (Å²) < 4.78 is 1.92. The van der Waals surface area contributed by atoms with Gasteiger partial charge in [0.15, 0.2) is 6.29 Å². The number of hydrogen-bond acceptors (Lipinski definition) is 2. The first-order valence-electron chi connectivity index (χ1n) is 5.71. The summed E-state index contributed by atoms with van der Waals surface area (Å²) in [4.78, 5) is 23.1. The van der Waals surface area contributed by atoms with Crippen LogP contribution >= 0.6 is 27.5 Å². The number of carbonyl (C=O) groups excluding carboxylic acids is 1. The summed E-state index contributed by atoms with van der Waals surface area (Å²) in [5.41, 5.74) is 1.07. The molecular weight excluding hydrogens is 330 g/mol. The predicted molar refractivity (Wildman–Crippen MR) is 78.9 cm³/mol. The van der Waals surface area contributed by atoms with Gasteiger partial charge in [-0.25, -0.2) is 0 Å². The first-order chi connectivity index (χ1) is 9.13. The van der Waals surface area contributed by atoms with Crippen LogP contribution in [0.5, 0.6) is 0 Å². The lowest BCUT2D eigenvalue weighted by molar-refractivity contribution is 0.111. The summed E-state index contributed by atoms with van der Waals surface area (Å²) in [6.07, 6.45) is 1.32. The predicted octanol–water partition coefficient (Wildman–Crippen LogP) is 3.32. The van der Waals surface area contributed by atoms with E-state index in [1.807, 2.05) is 30.3 Å². The molecule has 0 aliphatic carbocycles. The summed E-state index contributed by atoms with van der Waals surface area (Å²) >= 11 is 9.09. The van der Waals surface area contributed by atoms with Gasteiger partial charge in [-0.1, -0.05) is 41.9 Å². The van der Waals surface area contributed by atoms with E-state index in [1.165, 1.54) is 10.6 Å². The lowest BCUT2D eigenvalue weighted by Crippen LogP contribution is -2.25. The van der Waals surface area contributed by atoms with E-state index < -0.39 is 0 Å². The van der Waals surface area contributed by atoms with Crippen LogP contribution in [0.2, 0.25) is 5.02 Å². The Labute approximate surface area is 124 Å². The van der Waals surface area contributed by atoms with Gasteiger partial charge in [-0.3, -0.25) is 9.59 Å². The lowest BCUT2D eigenvalue weighted by Gasteiger charge is -2.11. The Morgan fingerprint density at radius 1 is 1.26 bits per heavy atom. The highest BCUT2D eigenvalue weighted by Crippen LogP contribution is 2.17. The summed E-state index contributed by atoms with van der Waals surface area (Å²) in [7, 11) is 0. The number of pyridine rings is 1. The monoisotopic (exact) mass is 339 g/mol. The molecule has 0 atom stereocenters. The molecule has 1 aromatic carbocycles. The van der Waals surface area contributed by atoms with E-state index in [9.17, 15) is 9.59 Å². The highest BCUT2D eigenvalue weighted by Gasteiger charge is 2.11. The van der Waals surface area contributed by atoms with Crippen molar-refractivity contribution in [3.8, 4) is 0 Å². The van der Waals surface area contributed by atoms with Gasteiger partial charge in [-0.2, -0.15) is 0 Å². The van der Waals surface area contributed by atoms with Crippen molar-refractivity contribution in [3.63, 3.8) is 0 Å². The van der Waals surface area contributed by atoms with E-state index >= 15 is 0 Å². The van der Waals surface area contributed by atoms with Gasteiger partial charge in [0.05, 0.1) is 5.69 Å². The second-order valence-electron chi connectivity index (χ2n) is 4.04. The van der Waals surface area contributed by atoms with Crippen LogP contribution in [-0.2, 0) is 13.0 Å². The smallest absolute Gasteiger partial charge is 0.269 e. The molecule has 0 bridgehead atoms. The summed E-state index contributed by atoms with van der Waals surface area (Å²) in [6.45, 7) is 0.413. The van der Waals surface area contributed by atoms with Crippen molar-refractivity contribution in [2.24, 2.45) is 0 Å². The van der Waals surface area contributed by atoms with Gasteiger partial charge in [-0.15, -0.1) is 0 Å². The minimum absolute atomic E-state index is 0.102. The fraction of sp³-hybridized carbons (Fsp3) is 0.143. The third-order valence-corrected chi connectivity index (χ3v) is 3.72. The molecule has 0 radical (unpaired) electrons. The molecule has 1 heterocycles. The zero-order valence-corrected chi connectivity index (χ0v) is 12.3. The van der Waals surface area contributed by atoms with Crippen molar-refractivity contribution in [2.45, 2.75) is 13.0 Å². The van der Waals surface area contributed by atoms with E-state index in [4.69, 9.17) is 11.6 Å². The molecule has 0 aliphatic heterocycles. The highest BCUT2D eigenvalue weighted by atomic mass is 79.9. The molecule has 19 heavy (non-hydrogen) atoms. The van der Waals surface area contributed by atoms with Crippen LogP contribution in [0, 0.1) is 0 Å². The molecule has 0 unspecified atom stereocenters. The number of halogens is 2. The van der Waals surface area contributed by atoms with Gasteiger partial charge in [-0.05, 0) is 34.0 Å². The SMILES string of the molecule is O=Cc1c(Br)cc(Cl)c(=O)n1CCc1ccccc1. The van der Waals surface area contributed by atoms with Crippen molar-refractivity contribution < 1.29 is 4.79 Å².